The van der Waals surface area contributed by atoms with Crippen molar-refractivity contribution in [2.24, 2.45) is 0 Å². The Kier molecular flexibility index (Phi) is 3.98. The van der Waals surface area contributed by atoms with Crippen LogP contribution in [0, 0.1) is 0 Å². The summed E-state index contributed by atoms with van der Waals surface area (Å²) in [5.41, 5.74) is 0.392. The third-order valence-corrected chi connectivity index (χ3v) is 5.34. The summed E-state index contributed by atoms with van der Waals surface area (Å²) in [4.78, 5) is 31.5. The number of nitrogens with zero attached hydrogens (tertiary/aromatic N) is 3. The van der Waals surface area contributed by atoms with Gasteiger partial charge in [-0.2, -0.15) is 13.2 Å². The third-order valence-electron chi connectivity index (χ3n) is 4.40. The number of aromatic nitrogens is 1. The lowest BCUT2D eigenvalue weighted by molar-refractivity contribution is -0.137. The Balaban J connectivity index is 1.48. The smallest absolute Gasteiger partial charge is 0.312 e. The van der Waals surface area contributed by atoms with Gasteiger partial charge in [-0.3, -0.25) is 9.69 Å². The zero-order valence-corrected chi connectivity index (χ0v) is 14.3. The highest BCUT2D eigenvalue weighted by atomic mass is 32.1. The molecule has 0 bridgehead atoms. The van der Waals surface area contributed by atoms with Crippen molar-refractivity contribution in [1.29, 1.82) is 0 Å². The number of urea groups is 1. The predicted octanol–water partition coefficient (Wildman–Crippen LogP) is 3.76. The first-order chi connectivity index (χ1) is 12.3. The molecule has 0 radical (unpaired) electrons. The van der Waals surface area contributed by atoms with E-state index in [1.807, 2.05) is 0 Å². The summed E-state index contributed by atoms with van der Waals surface area (Å²) in [5.74, 6) is -0.244. The van der Waals surface area contributed by atoms with E-state index in [-0.39, 0.29) is 31.1 Å². The van der Waals surface area contributed by atoms with Crippen LogP contribution in [0.4, 0.5) is 18.0 Å². The number of thiazole rings is 1. The van der Waals surface area contributed by atoms with E-state index in [4.69, 9.17) is 0 Å². The highest BCUT2D eigenvalue weighted by Crippen LogP contribution is 2.33. The van der Waals surface area contributed by atoms with Crippen LogP contribution in [0.3, 0.4) is 0 Å². The molecule has 3 amide bonds. The Morgan fingerprint density at radius 2 is 1.85 bits per heavy atom. The Hall–Kier alpha value is -2.42. The highest BCUT2D eigenvalue weighted by molar-refractivity contribution is 7.13. The number of benzene rings is 1. The van der Waals surface area contributed by atoms with Crippen molar-refractivity contribution in [3.05, 3.63) is 40.9 Å². The van der Waals surface area contributed by atoms with Crippen LogP contribution in [-0.2, 0) is 17.5 Å². The van der Waals surface area contributed by atoms with Gasteiger partial charge in [0.1, 0.15) is 11.6 Å². The quantitative estimate of drug-likeness (QED) is 0.758. The number of rotatable bonds is 4. The van der Waals surface area contributed by atoms with E-state index in [0.29, 0.717) is 16.3 Å². The van der Waals surface area contributed by atoms with Crippen molar-refractivity contribution >= 4 is 23.3 Å². The molecule has 5 nitrogen and oxygen atoms in total. The van der Waals surface area contributed by atoms with Gasteiger partial charge < -0.3 is 4.90 Å². The van der Waals surface area contributed by atoms with Crippen LogP contribution in [0.5, 0.6) is 0 Å². The number of hydrogen-bond acceptors (Lipinski definition) is 4. The summed E-state index contributed by atoms with van der Waals surface area (Å²) in [7, 11) is 0. The van der Waals surface area contributed by atoms with Gasteiger partial charge in [0.2, 0.25) is 0 Å². The number of imide groups is 1. The summed E-state index contributed by atoms with van der Waals surface area (Å²) in [5, 5.41) is 2.26. The molecule has 2 heterocycles. The van der Waals surface area contributed by atoms with Crippen molar-refractivity contribution in [2.75, 3.05) is 6.54 Å². The van der Waals surface area contributed by atoms with Gasteiger partial charge >= 0.3 is 12.2 Å². The lowest BCUT2D eigenvalue weighted by atomic mass is 10.1. The van der Waals surface area contributed by atoms with Crippen molar-refractivity contribution in [3.63, 3.8) is 0 Å². The zero-order valence-electron chi connectivity index (χ0n) is 13.5. The fourth-order valence-corrected chi connectivity index (χ4v) is 3.68. The van der Waals surface area contributed by atoms with E-state index >= 15 is 0 Å². The molecular formula is C17H14F3N3O2S. The average molecular weight is 381 g/mol. The number of carbonyl (C=O) groups excluding carboxylic acids is 2. The van der Waals surface area contributed by atoms with Gasteiger partial charge in [-0.15, -0.1) is 11.3 Å². The SMILES string of the molecule is O=C1CN(C2CC2)C(=O)N1Cc1csc(-c2ccc(C(F)(F)F)cc2)n1. The van der Waals surface area contributed by atoms with Crippen LogP contribution in [-0.4, -0.2) is 39.3 Å². The minimum Gasteiger partial charge on any atom is -0.312 e. The summed E-state index contributed by atoms with van der Waals surface area (Å²) < 4.78 is 37.9. The Morgan fingerprint density at radius 3 is 2.46 bits per heavy atom. The van der Waals surface area contributed by atoms with E-state index in [9.17, 15) is 22.8 Å². The van der Waals surface area contributed by atoms with Crippen molar-refractivity contribution in [2.45, 2.75) is 31.6 Å². The molecule has 0 N–H and O–H groups in total. The number of amides is 3. The maximum absolute atomic E-state index is 12.6. The van der Waals surface area contributed by atoms with Gasteiger partial charge in [0.25, 0.3) is 5.91 Å². The standard InChI is InChI=1S/C17H14F3N3O2S/c18-17(19,20)11-3-1-10(2-4-11)15-21-12(9-26-15)7-23-14(24)8-22(16(23)25)13-5-6-13/h1-4,9,13H,5-8H2. The Morgan fingerprint density at radius 1 is 1.15 bits per heavy atom. The number of hydrogen-bond donors (Lipinski definition) is 0. The molecule has 1 saturated carbocycles. The minimum atomic E-state index is -4.38. The van der Waals surface area contributed by atoms with Crippen molar-refractivity contribution < 1.29 is 22.8 Å². The second-order valence-corrected chi connectivity index (χ2v) is 7.20. The van der Waals surface area contributed by atoms with Crippen LogP contribution in [0.1, 0.15) is 24.1 Å². The lowest BCUT2D eigenvalue weighted by Crippen LogP contribution is -2.33. The molecule has 1 aromatic carbocycles. The second-order valence-electron chi connectivity index (χ2n) is 6.34. The first kappa shape index (κ1) is 17.0. The summed E-state index contributed by atoms with van der Waals surface area (Å²) in [6.07, 6.45) is -2.51. The molecule has 4 rings (SSSR count). The molecule has 1 aliphatic heterocycles. The fourth-order valence-electron chi connectivity index (χ4n) is 2.86. The zero-order chi connectivity index (χ0) is 18.5. The molecule has 0 spiro atoms. The summed E-state index contributed by atoms with van der Waals surface area (Å²) in [6, 6.07) is 4.64. The van der Waals surface area contributed by atoms with Crippen molar-refractivity contribution in [1.82, 2.24) is 14.8 Å². The van der Waals surface area contributed by atoms with Gasteiger partial charge in [0.05, 0.1) is 17.8 Å². The van der Waals surface area contributed by atoms with Gasteiger partial charge in [0.15, 0.2) is 0 Å². The van der Waals surface area contributed by atoms with E-state index in [0.717, 1.165) is 25.0 Å². The van der Waals surface area contributed by atoms with Gasteiger partial charge in [0, 0.05) is 17.0 Å². The average Bonchev–Trinajstić information content (AvgIpc) is 3.27. The Bertz CT molecular complexity index is 859. The molecular weight excluding hydrogens is 367 g/mol. The van der Waals surface area contributed by atoms with E-state index < -0.39 is 11.7 Å². The number of carbonyl (C=O) groups is 2. The molecule has 0 unspecified atom stereocenters. The van der Waals surface area contributed by atoms with E-state index in [1.54, 1.807) is 10.3 Å². The molecule has 136 valence electrons. The fraction of sp³-hybridized carbons (Fsp3) is 0.353. The van der Waals surface area contributed by atoms with E-state index in [1.165, 1.54) is 28.4 Å². The minimum absolute atomic E-state index is 0.0814. The highest BCUT2D eigenvalue weighted by Gasteiger charge is 2.43. The summed E-state index contributed by atoms with van der Waals surface area (Å²) >= 11 is 1.27. The monoisotopic (exact) mass is 381 g/mol. The van der Waals surface area contributed by atoms with Gasteiger partial charge in [-0.05, 0) is 25.0 Å². The van der Waals surface area contributed by atoms with Crippen LogP contribution in [0.25, 0.3) is 10.6 Å². The van der Waals surface area contributed by atoms with Crippen LogP contribution >= 0.6 is 11.3 Å². The first-order valence-corrected chi connectivity index (χ1v) is 8.94. The van der Waals surface area contributed by atoms with Crippen LogP contribution in [0.15, 0.2) is 29.6 Å². The molecule has 1 saturated heterocycles. The van der Waals surface area contributed by atoms with Gasteiger partial charge in [-0.25, -0.2) is 9.78 Å². The Labute approximate surface area is 151 Å². The molecule has 26 heavy (non-hydrogen) atoms. The van der Waals surface area contributed by atoms with E-state index in [2.05, 4.69) is 4.98 Å². The third kappa shape index (κ3) is 3.18. The molecule has 0 atom stereocenters. The summed E-state index contributed by atoms with van der Waals surface area (Å²) in [6.45, 7) is 0.192. The first-order valence-electron chi connectivity index (χ1n) is 8.06. The normalized spacial score (nSPS) is 18.1. The molecule has 1 aliphatic carbocycles. The predicted molar refractivity (Wildman–Crippen MR) is 88.2 cm³/mol. The van der Waals surface area contributed by atoms with Gasteiger partial charge in [-0.1, -0.05) is 12.1 Å². The lowest BCUT2D eigenvalue weighted by Gasteiger charge is -2.15. The van der Waals surface area contributed by atoms with Crippen LogP contribution < -0.4 is 0 Å². The molecule has 2 fully saturated rings. The molecule has 1 aromatic heterocycles. The second kappa shape index (κ2) is 6.08. The number of alkyl halides is 3. The molecule has 9 heteroatoms. The molecule has 2 aromatic rings. The number of halogens is 3. The van der Waals surface area contributed by atoms with Crippen LogP contribution in [0.2, 0.25) is 0 Å². The van der Waals surface area contributed by atoms with Crippen molar-refractivity contribution in [3.8, 4) is 10.6 Å². The maximum atomic E-state index is 12.6. The topological polar surface area (TPSA) is 53.5 Å². The molecule has 2 aliphatic rings. The maximum Gasteiger partial charge on any atom is 0.416 e. The largest absolute Gasteiger partial charge is 0.416 e.